The summed E-state index contributed by atoms with van der Waals surface area (Å²) in [4.78, 5) is 43.5. The molecule has 0 saturated carbocycles. The lowest BCUT2D eigenvalue weighted by molar-refractivity contribution is -0.307. The minimum Gasteiger partial charge on any atom is -0.546 e. The first-order chi connectivity index (χ1) is 19.9. The van der Waals surface area contributed by atoms with Gasteiger partial charge >= 0.3 is 5.97 Å². The number of esters is 1. The van der Waals surface area contributed by atoms with Gasteiger partial charge in [-0.05, 0) is 48.4 Å². The monoisotopic (exact) mass is 569 g/mol. The second-order valence-electron chi connectivity index (χ2n) is 8.94. The van der Waals surface area contributed by atoms with Crippen LogP contribution in [0.3, 0.4) is 0 Å². The number of hydrogen-bond donors (Lipinski definition) is 0. The van der Waals surface area contributed by atoms with E-state index in [0.717, 1.165) is 0 Å². The van der Waals surface area contributed by atoms with Crippen LogP contribution >= 0.6 is 11.3 Å². The number of carbonyl (C=O) groups is 2. The van der Waals surface area contributed by atoms with Gasteiger partial charge in [-0.1, -0.05) is 65.9 Å². The number of methoxy groups -OCH3 is 1. The highest BCUT2D eigenvalue weighted by Crippen LogP contribution is 2.36. The van der Waals surface area contributed by atoms with E-state index in [-0.39, 0.29) is 17.7 Å². The Labute approximate surface area is 238 Å². The lowest BCUT2D eigenvalue weighted by Crippen LogP contribution is -2.40. The van der Waals surface area contributed by atoms with Crippen molar-refractivity contribution in [2.75, 3.05) is 20.3 Å². The van der Waals surface area contributed by atoms with E-state index in [1.165, 1.54) is 15.9 Å². The van der Waals surface area contributed by atoms with Crippen LogP contribution in [-0.2, 0) is 14.3 Å². The number of benzene rings is 3. The van der Waals surface area contributed by atoms with Crippen LogP contribution in [0.15, 0.2) is 94.2 Å². The van der Waals surface area contributed by atoms with E-state index in [1.807, 2.05) is 36.4 Å². The fraction of sp³-hybridized carbons (Fsp3) is 0.161. The molecule has 41 heavy (non-hydrogen) atoms. The van der Waals surface area contributed by atoms with Crippen LogP contribution in [0.1, 0.15) is 29.7 Å². The number of thiazole rings is 1. The number of hydrogen-bond acceptors (Lipinski definition) is 9. The largest absolute Gasteiger partial charge is 0.546 e. The van der Waals surface area contributed by atoms with Crippen molar-refractivity contribution in [3.8, 4) is 11.5 Å². The molecule has 0 bridgehead atoms. The Bertz CT molecular complexity index is 1820. The van der Waals surface area contributed by atoms with Gasteiger partial charge in [-0.25, -0.2) is 9.79 Å². The molecule has 1 aliphatic heterocycles. The standard InChI is InChI=1S/C31H26N2O7S/c1-3-39-30(37)26-27(20-10-5-4-6-11-20)32-31-33(28(26)21-12-8-13-22(17-21)38-2)29(36)24(41-31)16-19-9-7-14-23(15-19)40-18-25(34)35/h4-17,28H,3,18H2,1-2H3,(H,34,35)/p-1/t28-/m1/s1. The Morgan fingerprint density at radius 2 is 1.78 bits per heavy atom. The molecule has 0 fully saturated rings. The molecule has 0 radical (unpaired) electrons. The van der Waals surface area contributed by atoms with Gasteiger partial charge in [-0.2, -0.15) is 0 Å². The number of rotatable bonds is 9. The van der Waals surface area contributed by atoms with Crippen LogP contribution in [0.4, 0.5) is 0 Å². The van der Waals surface area contributed by atoms with Crippen LogP contribution in [0.5, 0.6) is 11.5 Å². The second-order valence-corrected chi connectivity index (χ2v) is 9.95. The van der Waals surface area contributed by atoms with Crippen molar-refractivity contribution >= 4 is 35.0 Å². The maximum Gasteiger partial charge on any atom is 0.338 e. The Morgan fingerprint density at radius 1 is 1.02 bits per heavy atom. The van der Waals surface area contributed by atoms with Crippen LogP contribution in [-0.4, -0.2) is 36.8 Å². The molecule has 208 valence electrons. The lowest BCUT2D eigenvalue weighted by atomic mass is 9.93. The fourth-order valence-electron chi connectivity index (χ4n) is 4.56. The third-order valence-electron chi connectivity index (χ3n) is 6.30. The second kappa shape index (κ2) is 12.1. The predicted molar refractivity (Wildman–Crippen MR) is 151 cm³/mol. The number of fused-ring (bicyclic) bond motifs is 1. The molecule has 0 unspecified atom stereocenters. The number of ether oxygens (including phenoxy) is 3. The van der Waals surface area contributed by atoms with Crippen molar-refractivity contribution in [1.82, 2.24) is 4.57 Å². The first-order valence-corrected chi connectivity index (χ1v) is 13.6. The molecule has 1 atom stereocenters. The zero-order valence-electron chi connectivity index (χ0n) is 22.2. The molecule has 2 heterocycles. The number of nitrogens with zero attached hydrogens (tertiary/aromatic N) is 2. The maximum absolute atomic E-state index is 14.0. The Morgan fingerprint density at radius 3 is 2.51 bits per heavy atom. The van der Waals surface area contributed by atoms with Crippen molar-refractivity contribution in [2.24, 2.45) is 4.99 Å². The van der Waals surface area contributed by atoms with Gasteiger partial charge < -0.3 is 24.1 Å². The first kappa shape index (κ1) is 27.6. The first-order valence-electron chi connectivity index (χ1n) is 12.7. The van der Waals surface area contributed by atoms with Gasteiger partial charge in [-0.15, -0.1) is 0 Å². The molecule has 0 amide bonds. The molecule has 0 N–H and O–H groups in total. The summed E-state index contributed by atoms with van der Waals surface area (Å²) in [6.45, 7) is 1.28. The van der Waals surface area contributed by atoms with E-state index >= 15 is 0 Å². The average Bonchev–Trinajstić information content (AvgIpc) is 3.30. The highest BCUT2D eigenvalue weighted by Gasteiger charge is 2.35. The number of carbonyl (C=O) groups excluding carboxylic acids is 2. The molecule has 0 aliphatic carbocycles. The minimum absolute atomic E-state index is 0.149. The van der Waals surface area contributed by atoms with Crippen molar-refractivity contribution in [3.05, 3.63) is 121 Å². The van der Waals surface area contributed by atoms with E-state index in [4.69, 9.17) is 19.2 Å². The van der Waals surface area contributed by atoms with Gasteiger partial charge in [0.1, 0.15) is 18.1 Å². The summed E-state index contributed by atoms with van der Waals surface area (Å²) in [7, 11) is 1.55. The normalized spacial score (nSPS) is 14.7. The summed E-state index contributed by atoms with van der Waals surface area (Å²) in [5.41, 5.74) is 2.29. The molecule has 3 aromatic carbocycles. The third kappa shape index (κ3) is 5.82. The van der Waals surface area contributed by atoms with Crippen molar-refractivity contribution in [1.29, 1.82) is 0 Å². The number of aliphatic carboxylic acids is 1. The van der Waals surface area contributed by atoms with E-state index in [9.17, 15) is 19.5 Å². The van der Waals surface area contributed by atoms with Crippen LogP contribution in [0.25, 0.3) is 11.8 Å². The van der Waals surface area contributed by atoms with Gasteiger partial charge in [0, 0.05) is 5.56 Å². The van der Waals surface area contributed by atoms with Crippen molar-refractivity contribution < 1.29 is 28.9 Å². The summed E-state index contributed by atoms with van der Waals surface area (Å²) in [5.74, 6) is -1.02. The molecule has 0 saturated heterocycles. The number of carboxylic acid groups (broad SMARTS) is 1. The third-order valence-corrected chi connectivity index (χ3v) is 7.28. The van der Waals surface area contributed by atoms with E-state index in [2.05, 4.69) is 0 Å². The molecule has 1 aliphatic rings. The molecule has 9 nitrogen and oxygen atoms in total. The van der Waals surface area contributed by atoms with E-state index in [1.54, 1.807) is 62.6 Å². The molecular formula is C31H25N2O7S-. The minimum atomic E-state index is -1.34. The van der Waals surface area contributed by atoms with Crippen LogP contribution < -0.4 is 29.5 Å². The van der Waals surface area contributed by atoms with Crippen LogP contribution in [0.2, 0.25) is 0 Å². The SMILES string of the molecule is CCOC(=O)C1=C(c2ccccc2)N=c2sc(=Cc3cccc(OCC(=O)[O-])c3)c(=O)n2[C@@H]1c1cccc(OC)c1. The predicted octanol–water partition coefficient (Wildman–Crippen LogP) is 2.07. The molecule has 4 aromatic rings. The highest BCUT2D eigenvalue weighted by atomic mass is 32.1. The van der Waals surface area contributed by atoms with Gasteiger partial charge in [0.2, 0.25) is 0 Å². The van der Waals surface area contributed by atoms with E-state index < -0.39 is 24.6 Å². The molecule has 5 rings (SSSR count). The molecule has 0 spiro atoms. The Kier molecular flexibility index (Phi) is 8.11. The topological polar surface area (TPSA) is 119 Å². The quantitative estimate of drug-likeness (QED) is 0.283. The van der Waals surface area contributed by atoms with Crippen molar-refractivity contribution in [3.63, 3.8) is 0 Å². The smallest absolute Gasteiger partial charge is 0.338 e. The average molecular weight is 570 g/mol. The summed E-state index contributed by atoms with van der Waals surface area (Å²) < 4.78 is 18.0. The van der Waals surface area contributed by atoms with Crippen LogP contribution in [0, 0.1) is 0 Å². The van der Waals surface area contributed by atoms with Gasteiger partial charge in [0.15, 0.2) is 4.80 Å². The highest BCUT2D eigenvalue weighted by molar-refractivity contribution is 7.07. The number of aromatic nitrogens is 1. The molecular weight excluding hydrogens is 544 g/mol. The Hall–Kier alpha value is -4.96. The Balaban J connectivity index is 1.75. The van der Waals surface area contributed by atoms with Crippen molar-refractivity contribution in [2.45, 2.75) is 13.0 Å². The summed E-state index contributed by atoms with van der Waals surface area (Å²) >= 11 is 1.18. The summed E-state index contributed by atoms with van der Waals surface area (Å²) in [6, 6.07) is 22.3. The summed E-state index contributed by atoms with van der Waals surface area (Å²) in [6.07, 6.45) is 1.68. The fourth-order valence-corrected chi connectivity index (χ4v) is 5.56. The van der Waals surface area contributed by atoms with E-state index in [0.29, 0.717) is 43.2 Å². The zero-order valence-corrected chi connectivity index (χ0v) is 23.1. The lowest BCUT2D eigenvalue weighted by Gasteiger charge is -2.26. The number of carboxylic acids is 1. The zero-order chi connectivity index (χ0) is 28.9. The molecule has 10 heteroatoms. The maximum atomic E-state index is 14.0. The molecule has 1 aromatic heterocycles. The van der Waals surface area contributed by atoms with Gasteiger partial charge in [-0.3, -0.25) is 9.36 Å². The summed E-state index contributed by atoms with van der Waals surface area (Å²) in [5, 5.41) is 10.8. The van der Waals surface area contributed by atoms with Gasteiger partial charge in [0.25, 0.3) is 5.56 Å². The van der Waals surface area contributed by atoms with Gasteiger partial charge in [0.05, 0.1) is 41.5 Å².